The number of benzene rings is 1. The number of hydrogen-bond acceptors (Lipinski definition) is 3. The van der Waals surface area contributed by atoms with Crippen LogP contribution in [0.5, 0.6) is 11.5 Å². The summed E-state index contributed by atoms with van der Waals surface area (Å²) in [5.41, 5.74) is 5.45. The zero-order valence-electron chi connectivity index (χ0n) is 8.15. The Balaban J connectivity index is 2.24. The van der Waals surface area contributed by atoms with Crippen LogP contribution in [0, 0.1) is 5.82 Å². The first-order valence-electron chi connectivity index (χ1n) is 4.48. The molecule has 2 N–H and O–H groups in total. The van der Waals surface area contributed by atoms with E-state index >= 15 is 0 Å². The van der Waals surface area contributed by atoms with E-state index in [0.29, 0.717) is 11.5 Å². The molecule has 1 aromatic heterocycles. The standard InChI is InChI=1S/C11H8BrFN2O/c12-7-3-9(6-15-5-7)16-8-1-2-11(14)10(13)4-8/h1-6H,14H2. The third kappa shape index (κ3) is 2.49. The molecule has 0 aliphatic heterocycles. The molecule has 0 aliphatic rings. The van der Waals surface area contributed by atoms with Gasteiger partial charge in [-0.1, -0.05) is 0 Å². The summed E-state index contributed by atoms with van der Waals surface area (Å²) in [7, 11) is 0. The molecule has 0 bridgehead atoms. The van der Waals surface area contributed by atoms with Gasteiger partial charge in [0.2, 0.25) is 0 Å². The number of ether oxygens (including phenoxy) is 1. The second kappa shape index (κ2) is 4.49. The van der Waals surface area contributed by atoms with Crippen LogP contribution in [0.4, 0.5) is 10.1 Å². The molecular formula is C11H8BrFN2O. The van der Waals surface area contributed by atoms with Crippen LogP contribution in [0.2, 0.25) is 0 Å². The largest absolute Gasteiger partial charge is 0.456 e. The highest BCUT2D eigenvalue weighted by Crippen LogP contribution is 2.25. The summed E-state index contributed by atoms with van der Waals surface area (Å²) in [5, 5.41) is 0. The summed E-state index contributed by atoms with van der Waals surface area (Å²) in [6, 6.07) is 6.02. The van der Waals surface area contributed by atoms with E-state index in [9.17, 15) is 4.39 Å². The molecule has 2 rings (SSSR count). The van der Waals surface area contributed by atoms with E-state index in [-0.39, 0.29) is 5.69 Å². The van der Waals surface area contributed by atoms with Crippen molar-refractivity contribution in [3.05, 3.63) is 46.9 Å². The Hall–Kier alpha value is -1.62. The van der Waals surface area contributed by atoms with Crippen molar-refractivity contribution in [1.82, 2.24) is 4.98 Å². The predicted molar refractivity (Wildman–Crippen MR) is 62.8 cm³/mol. The van der Waals surface area contributed by atoms with E-state index in [0.717, 1.165) is 4.47 Å². The quantitative estimate of drug-likeness (QED) is 0.860. The van der Waals surface area contributed by atoms with E-state index in [2.05, 4.69) is 20.9 Å². The average molecular weight is 283 g/mol. The lowest BCUT2D eigenvalue weighted by Crippen LogP contribution is -1.91. The van der Waals surface area contributed by atoms with Crippen LogP contribution in [0.1, 0.15) is 0 Å². The minimum Gasteiger partial charge on any atom is -0.456 e. The molecule has 1 aromatic carbocycles. The first kappa shape index (κ1) is 10.9. The molecule has 3 nitrogen and oxygen atoms in total. The lowest BCUT2D eigenvalue weighted by Gasteiger charge is -2.06. The average Bonchev–Trinajstić information content (AvgIpc) is 2.24. The molecular weight excluding hydrogens is 275 g/mol. The molecule has 1 heterocycles. The van der Waals surface area contributed by atoms with Gasteiger partial charge in [0.05, 0.1) is 11.9 Å². The molecule has 0 radical (unpaired) electrons. The monoisotopic (exact) mass is 282 g/mol. The van der Waals surface area contributed by atoms with Crippen LogP contribution in [0.3, 0.4) is 0 Å². The highest BCUT2D eigenvalue weighted by molar-refractivity contribution is 9.10. The molecule has 0 spiro atoms. The van der Waals surface area contributed by atoms with Crippen LogP contribution in [0.25, 0.3) is 0 Å². The smallest absolute Gasteiger partial charge is 0.149 e. The molecule has 0 amide bonds. The zero-order chi connectivity index (χ0) is 11.5. The number of hydrogen-bond donors (Lipinski definition) is 1. The number of anilines is 1. The summed E-state index contributed by atoms with van der Waals surface area (Å²) in [6.45, 7) is 0. The van der Waals surface area contributed by atoms with Gasteiger partial charge in [0.15, 0.2) is 0 Å². The second-order valence-corrected chi connectivity index (χ2v) is 4.04. The van der Waals surface area contributed by atoms with E-state index in [1.807, 2.05) is 0 Å². The number of rotatable bonds is 2. The SMILES string of the molecule is Nc1ccc(Oc2cncc(Br)c2)cc1F. The van der Waals surface area contributed by atoms with Gasteiger partial charge >= 0.3 is 0 Å². The number of halogens is 2. The van der Waals surface area contributed by atoms with Gasteiger partial charge in [0.25, 0.3) is 0 Å². The van der Waals surface area contributed by atoms with Gasteiger partial charge in [-0.25, -0.2) is 4.39 Å². The van der Waals surface area contributed by atoms with Crippen LogP contribution in [-0.4, -0.2) is 4.98 Å². The topological polar surface area (TPSA) is 48.1 Å². The maximum atomic E-state index is 13.1. The highest BCUT2D eigenvalue weighted by Gasteiger charge is 2.02. The first-order chi connectivity index (χ1) is 7.65. The van der Waals surface area contributed by atoms with E-state index in [4.69, 9.17) is 10.5 Å². The van der Waals surface area contributed by atoms with E-state index < -0.39 is 5.82 Å². The van der Waals surface area contributed by atoms with Gasteiger partial charge in [-0.15, -0.1) is 0 Å². The fourth-order valence-corrected chi connectivity index (χ4v) is 1.50. The van der Waals surface area contributed by atoms with Gasteiger partial charge in [-0.3, -0.25) is 4.98 Å². The summed E-state index contributed by atoms with van der Waals surface area (Å²) in [4.78, 5) is 3.93. The van der Waals surface area contributed by atoms with Crippen LogP contribution in [0.15, 0.2) is 41.1 Å². The number of aromatic nitrogens is 1. The number of nitrogens with zero attached hydrogens (tertiary/aromatic N) is 1. The molecule has 0 atom stereocenters. The lowest BCUT2D eigenvalue weighted by molar-refractivity contribution is 0.474. The van der Waals surface area contributed by atoms with Crippen molar-refractivity contribution < 1.29 is 9.13 Å². The molecule has 0 saturated heterocycles. The fraction of sp³-hybridized carbons (Fsp3) is 0. The van der Waals surface area contributed by atoms with Crippen molar-refractivity contribution in [2.45, 2.75) is 0 Å². The second-order valence-electron chi connectivity index (χ2n) is 3.12. The van der Waals surface area contributed by atoms with Crippen molar-refractivity contribution >= 4 is 21.6 Å². The zero-order valence-corrected chi connectivity index (χ0v) is 9.74. The number of pyridine rings is 1. The molecule has 82 valence electrons. The Morgan fingerprint density at radius 1 is 1.19 bits per heavy atom. The Bertz CT molecular complexity index is 519. The van der Waals surface area contributed by atoms with Crippen molar-refractivity contribution in [2.75, 3.05) is 5.73 Å². The van der Waals surface area contributed by atoms with Crippen molar-refractivity contribution in [3.8, 4) is 11.5 Å². The van der Waals surface area contributed by atoms with Crippen molar-refractivity contribution in [3.63, 3.8) is 0 Å². The summed E-state index contributed by atoms with van der Waals surface area (Å²) >= 11 is 3.26. The fourth-order valence-electron chi connectivity index (χ4n) is 1.16. The molecule has 0 unspecified atom stereocenters. The van der Waals surface area contributed by atoms with E-state index in [1.54, 1.807) is 24.5 Å². The number of nitrogen functional groups attached to an aromatic ring is 1. The van der Waals surface area contributed by atoms with E-state index in [1.165, 1.54) is 12.1 Å². The van der Waals surface area contributed by atoms with Gasteiger partial charge in [0, 0.05) is 16.7 Å². The summed E-state index contributed by atoms with van der Waals surface area (Å²) in [5.74, 6) is 0.408. The molecule has 0 aliphatic carbocycles. The Morgan fingerprint density at radius 3 is 2.69 bits per heavy atom. The van der Waals surface area contributed by atoms with Crippen LogP contribution in [-0.2, 0) is 0 Å². The van der Waals surface area contributed by atoms with Gasteiger partial charge in [-0.05, 0) is 34.1 Å². The van der Waals surface area contributed by atoms with Gasteiger partial charge in [-0.2, -0.15) is 0 Å². The number of nitrogens with two attached hydrogens (primary N) is 1. The minimum absolute atomic E-state index is 0.0970. The summed E-state index contributed by atoms with van der Waals surface area (Å²) in [6.07, 6.45) is 3.18. The third-order valence-corrected chi connectivity index (χ3v) is 2.32. The maximum Gasteiger partial charge on any atom is 0.149 e. The minimum atomic E-state index is -0.500. The normalized spacial score (nSPS) is 10.1. The Morgan fingerprint density at radius 2 is 2.00 bits per heavy atom. The molecule has 0 fully saturated rings. The van der Waals surface area contributed by atoms with Crippen LogP contribution >= 0.6 is 15.9 Å². The molecule has 16 heavy (non-hydrogen) atoms. The van der Waals surface area contributed by atoms with Gasteiger partial charge in [0.1, 0.15) is 17.3 Å². The summed E-state index contributed by atoms with van der Waals surface area (Å²) < 4.78 is 19.3. The highest BCUT2D eigenvalue weighted by atomic mass is 79.9. The Labute approximate surface area is 100 Å². The maximum absolute atomic E-state index is 13.1. The van der Waals surface area contributed by atoms with Crippen molar-refractivity contribution in [1.29, 1.82) is 0 Å². The Kier molecular flexibility index (Phi) is 3.05. The first-order valence-corrected chi connectivity index (χ1v) is 5.28. The van der Waals surface area contributed by atoms with Crippen molar-refractivity contribution in [2.24, 2.45) is 0 Å². The molecule has 5 heteroatoms. The molecule has 0 saturated carbocycles. The predicted octanol–water partition coefficient (Wildman–Crippen LogP) is 3.36. The lowest BCUT2D eigenvalue weighted by atomic mass is 10.3. The molecule has 2 aromatic rings. The third-order valence-electron chi connectivity index (χ3n) is 1.89. The van der Waals surface area contributed by atoms with Gasteiger partial charge < -0.3 is 10.5 Å². The van der Waals surface area contributed by atoms with Crippen LogP contribution < -0.4 is 10.5 Å².